The van der Waals surface area contributed by atoms with Gasteiger partial charge in [0.05, 0.1) is 0 Å². The van der Waals surface area contributed by atoms with Gasteiger partial charge >= 0.3 is 0 Å². The van der Waals surface area contributed by atoms with Gasteiger partial charge in [0, 0.05) is 11.8 Å². The molecule has 0 radical (unpaired) electrons. The lowest BCUT2D eigenvalue weighted by atomic mass is 9.90. The molecule has 1 rings (SSSR count). The summed E-state index contributed by atoms with van der Waals surface area (Å²) in [5, 5.41) is 0. The van der Waals surface area contributed by atoms with E-state index in [4.69, 9.17) is 9.47 Å². The van der Waals surface area contributed by atoms with E-state index in [9.17, 15) is 0 Å². The van der Waals surface area contributed by atoms with Crippen LogP contribution in [0.3, 0.4) is 0 Å². The molecule has 60 valence electrons. The first-order chi connectivity index (χ1) is 4.59. The minimum atomic E-state index is -0.278. The molecule has 1 heterocycles. The monoisotopic (exact) mass is 144 g/mol. The van der Waals surface area contributed by atoms with E-state index in [1.807, 2.05) is 0 Å². The van der Waals surface area contributed by atoms with Gasteiger partial charge in [0.2, 0.25) is 0 Å². The summed E-state index contributed by atoms with van der Waals surface area (Å²) in [7, 11) is 0. The van der Waals surface area contributed by atoms with E-state index in [1.54, 1.807) is 0 Å². The van der Waals surface area contributed by atoms with Gasteiger partial charge < -0.3 is 9.47 Å². The SMILES string of the molecule is CC(C)C1(C(C)C)OCO1. The first kappa shape index (κ1) is 8.02. The van der Waals surface area contributed by atoms with Crippen LogP contribution in [0.5, 0.6) is 0 Å². The lowest BCUT2D eigenvalue weighted by Gasteiger charge is -2.47. The molecule has 1 aliphatic heterocycles. The third-order valence-corrected chi connectivity index (χ3v) is 2.18. The topological polar surface area (TPSA) is 18.5 Å². The third kappa shape index (κ3) is 0.956. The van der Waals surface area contributed by atoms with Crippen LogP contribution in [-0.4, -0.2) is 12.6 Å². The molecule has 0 aromatic heterocycles. The highest BCUT2D eigenvalue weighted by Crippen LogP contribution is 2.37. The normalized spacial score (nSPS) is 23.4. The highest BCUT2D eigenvalue weighted by atomic mass is 16.9. The molecular weight excluding hydrogens is 128 g/mol. The maximum atomic E-state index is 5.42. The van der Waals surface area contributed by atoms with E-state index in [2.05, 4.69) is 27.7 Å². The van der Waals surface area contributed by atoms with Gasteiger partial charge in [0.1, 0.15) is 0 Å². The fraction of sp³-hybridized carbons (Fsp3) is 1.00. The van der Waals surface area contributed by atoms with Gasteiger partial charge in [-0.15, -0.1) is 0 Å². The molecule has 2 nitrogen and oxygen atoms in total. The van der Waals surface area contributed by atoms with E-state index in [0.29, 0.717) is 18.6 Å². The van der Waals surface area contributed by atoms with Crippen molar-refractivity contribution in [2.75, 3.05) is 6.79 Å². The summed E-state index contributed by atoms with van der Waals surface area (Å²) in [6.07, 6.45) is 0. The van der Waals surface area contributed by atoms with Crippen molar-refractivity contribution in [3.05, 3.63) is 0 Å². The zero-order chi connectivity index (χ0) is 7.78. The Kier molecular flexibility index (Phi) is 2.02. The zero-order valence-electron chi connectivity index (χ0n) is 7.18. The summed E-state index contributed by atoms with van der Waals surface area (Å²) < 4.78 is 10.8. The third-order valence-electron chi connectivity index (χ3n) is 2.18. The molecule has 0 aromatic rings. The summed E-state index contributed by atoms with van der Waals surface area (Å²) in [6, 6.07) is 0. The molecule has 0 atom stereocenters. The lowest BCUT2D eigenvalue weighted by molar-refractivity contribution is -0.431. The Labute approximate surface area is 62.5 Å². The van der Waals surface area contributed by atoms with Gasteiger partial charge in [-0.3, -0.25) is 0 Å². The fourth-order valence-corrected chi connectivity index (χ4v) is 1.53. The van der Waals surface area contributed by atoms with Crippen molar-refractivity contribution < 1.29 is 9.47 Å². The minimum Gasteiger partial charge on any atom is -0.323 e. The standard InChI is InChI=1S/C8H16O2/c1-6(2)8(7(3)4)9-5-10-8/h6-7H,5H2,1-4H3. The zero-order valence-corrected chi connectivity index (χ0v) is 7.18. The Bertz CT molecular complexity index is 104. The van der Waals surface area contributed by atoms with E-state index in [0.717, 1.165) is 0 Å². The maximum Gasteiger partial charge on any atom is 0.178 e. The molecule has 1 aliphatic rings. The average Bonchev–Trinajstić information content (AvgIpc) is 1.57. The average molecular weight is 144 g/mol. The van der Waals surface area contributed by atoms with Crippen LogP contribution >= 0.6 is 0 Å². The van der Waals surface area contributed by atoms with Crippen molar-refractivity contribution >= 4 is 0 Å². The summed E-state index contributed by atoms with van der Waals surface area (Å²) in [6.45, 7) is 8.97. The van der Waals surface area contributed by atoms with Crippen molar-refractivity contribution in [1.82, 2.24) is 0 Å². The van der Waals surface area contributed by atoms with Gasteiger partial charge in [0.15, 0.2) is 12.6 Å². The highest BCUT2D eigenvalue weighted by Gasteiger charge is 2.45. The fourth-order valence-electron chi connectivity index (χ4n) is 1.53. The van der Waals surface area contributed by atoms with E-state index < -0.39 is 0 Å². The first-order valence-corrected chi connectivity index (χ1v) is 3.87. The van der Waals surface area contributed by atoms with E-state index >= 15 is 0 Å². The minimum absolute atomic E-state index is 0.278. The predicted octanol–water partition coefficient (Wildman–Crippen LogP) is 2.00. The molecule has 0 aliphatic carbocycles. The second kappa shape index (κ2) is 2.51. The molecule has 1 fully saturated rings. The van der Waals surface area contributed by atoms with Crippen molar-refractivity contribution in [3.8, 4) is 0 Å². The van der Waals surface area contributed by atoms with Crippen molar-refractivity contribution in [3.63, 3.8) is 0 Å². The second-order valence-electron chi connectivity index (χ2n) is 3.44. The van der Waals surface area contributed by atoms with Gasteiger partial charge in [-0.1, -0.05) is 27.7 Å². The molecule has 0 bridgehead atoms. The molecule has 10 heavy (non-hydrogen) atoms. The van der Waals surface area contributed by atoms with E-state index in [1.165, 1.54) is 0 Å². The Morgan fingerprint density at radius 3 is 1.40 bits per heavy atom. The first-order valence-electron chi connectivity index (χ1n) is 3.87. The van der Waals surface area contributed by atoms with Crippen LogP contribution in [-0.2, 0) is 9.47 Å². The van der Waals surface area contributed by atoms with Crippen molar-refractivity contribution in [1.29, 1.82) is 0 Å². The number of rotatable bonds is 2. The molecule has 2 heteroatoms. The number of hydrogen-bond acceptors (Lipinski definition) is 2. The molecule has 0 spiro atoms. The van der Waals surface area contributed by atoms with Gasteiger partial charge in [-0.05, 0) is 0 Å². The molecular formula is C8H16O2. The second-order valence-corrected chi connectivity index (χ2v) is 3.44. The predicted molar refractivity (Wildman–Crippen MR) is 39.4 cm³/mol. The Hall–Kier alpha value is -0.0800. The van der Waals surface area contributed by atoms with Crippen LogP contribution < -0.4 is 0 Å². The van der Waals surface area contributed by atoms with E-state index in [-0.39, 0.29) is 5.79 Å². The van der Waals surface area contributed by atoms with Crippen LogP contribution in [0.15, 0.2) is 0 Å². The van der Waals surface area contributed by atoms with Gasteiger partial charge in [0.25, 0.3) is 0 Å². The molecule has 0 amide bonds. The Balaban J connectivity index is 2.59. The number of ether oxygens (including phenoxy) is 2. The Morgan fingerprint density at radius 2 is 1.40 bits per heavy atom. The van der Waals surface area contributed by atoms with Crippen molar-refractivity contribution in [2.24, 2.45) is 11.8 Å². The van der Waals surface area contributed by atoms with Gasteiger partial charge in [-0.2, -0.15) is 0 Å². The lowest BCUT2D eigenvalue weighted by Crippen LogP contribution is -2.54. The Morgan fingerprint density at radius 1 is 1.00 bits per heavy atom. The molecule has 0 saturated carbocycles. The summed E-state index contributed by atoms with van der Waals surface area (Å²) in [5.41, 5.74) is 0. The smallest absolute Gasteiger partial charge is 0.178 e. The molecule has 1 saturated heterocycles. The van der Waals surface area contributed by atoms with Crippen LogP contribution in [0.4, 0.5) is 0 Å². The van der Waals surface area contributed by atoms with Crippen LogP contribution in [0.2, 0.25) is 0 Å². The highest BCUT2D eigenvalue weighted by molar-refractivity contribution is 4.80. The van der Waals surface area contributed by atoms with Crippen molar-refractivity contribution in [2.45, 2.75) is 33.5 Å². The summed E-state index contributed by atoms with van der Waals surface area (Å²) in [4.78, 5) is 0. The van der Waals surface area contributed by atoms with Crippen LogP contribution in [0.25, 0.3) is 0 Å². The molecule has 0 N–H and O–H groups in total. The van der Waals surface area contributed by atoms with Gasteiger partial charge in [-0.25, -0.2) is 0 Å². The molecule has 0 aromatic carbocycles. The quantitative estimate of drug-likeness (QED) is 0.590. The van der Waals surface area contributed by atoms with Crippen LogP contribution in [0.1, 0.15) is 27.7 Å². The van der Waals surface area contributed by atoms with Crippen LogP contribution in [0, 0.1) is 11.8 Å². The largest absolute Gasteiger partial charge is 0.323 e. The summed E-state index contributed by atoms with van der Waals surface area (Å²) in [5.74, 6) is 0.613. The summed E-state index contributed by atoms with van der Waals surface area (Å²) >= 11 is 0. The number of hydrogen-bond donors (Lipinski definition) is 0. The molecule has 0 unspecified atom stereocenters. The maximum absolute atomic E-state index is 5.42.